The molecule has 5 nitrogen and oxygen atoms in total. The van der Waals surface area contributed by atoms with Crippen molar-refractivity contribution in [3.63, 3.8) is 0 Å². The molecule has 1 aromatic carbocycles. The molecule has 1 aromatic heterocycles. The van der Waals surface area contributed by atoms with E-state index in [9.17, 15) is 0 Å². The van der Waals surface area contributed by atoms with Gasteiger partial charge in [-0.25, -0.2) is 9.97 Å². The number of anilines is 2. The molecule has 2 rings (SSSR count). The topological polar surface area (TPSA) is 84.1 Å². The van der Waals surface area contributed by atoms with Gasteiger partial charge in [0.15, 0.2) is 0 Å². The van der Waals surface area contributed by atoms with Crippen LogP contribution < -0.4 is 11.1 Å². The number of nitrogens with zero attached hydrogens (tertiary/aromatic N) is 2. The summed E-state index contributed by atoms with van der Waals surface area (Å²) >= 11 is 0. The molecule has 0 amide bonds. The molecule has 0 bridgehead atoms. The van der Waals surface area contributed by atoms with E-state index in [4.69, 9.17) is 10.8 Å². The van der Waals surface area contributed by atoms with Crippen LogP contribution in [0.1, 0.15) is 5.56 Å². The van der Waals surface area contributed by atoms with Crippen molar-refractivity contribution in [3.8, 4) is 5.75 Å². The maximum absolute atomic E-state index is 9.14. The highest BCUT2D eigenvalue weighted by Gasteiger charge is 1.96. The maximum Gasteiger partial charge on any atom is 0.222 e. The normalized spacial score (nSPS) is 10.1. The average molecular weight is 230 g/mol. The van der Waals surface area contributed by atoms with Gasteiger partial charge in [0, 0.05) is 6.54 Å². The van der Waals surface area contributed by atoms with Gasteiger partial charge in [-0.3, -0.25) is 0 Å². The molecule has 0 fully saturated rings. The predicted molar refractivity (Wildman–Crippen MR) is 66.7 cm³/mol. The van der Waals surface area contributed by atoms with Crippen molar-refractivity contribution in [2.45, 2.75) is 6.42 Å². The Morgan fingerprint density at radius 2 is 1.76 bits per heavy atom. The lowest BCUT2D eigenvalue weighted by Crippen LogP contribution is -2.07. The van der Waals surface area contributed by atoms with Crippen LogP contribution in [0.3, 0.4) is 0 Å². The summed E-state index contributed by atoms with van der Waals surface area (Å²) in [5, 5.41) is 12.2. The zero-order valence-corrected chi connectivity index (χ0v) is 9.30. The second-order valence-corrected chi connectivity index (χ2v) is 3.68. The predicted octanol–water partition coefficient (Wildman–Crippen LogP) is 1.42. The molecule has 0 atom stereocenters. The van der Waals surface area contributed by atoms with Crippen molar-refractivity contribution in [1.29, 1.82) is 0 Å². The highest BCUT2D eigenvalue weighted by Crippen LogP contribution is 2.10. The summed E-state index contributed by atoms with van der Waals surface area (Å²) in [6.07, 6.45) is 3.97. The largest absolute Gasteiger partial charge is 0.508 e. The quantitative estimate of drug-likeness (QED) is 0.739. The Bertz CT molecular complexity index is 421. The number of benzene rings is 1. The van der Waals surface area contributed by atoms with E-state index in [1.54, 1.807) is 24.5 Å². The zero-order chi connectivity index (χ0) is 12.1. The second-order valence-electron chi connectivity index (χ2n) is 3.68. The summed E-state index contributed by atoms with van der Waals surface area (Å²) in [4.78, 5) is 8.07. The Kier molecular flexibility index (Phi) is 3.40. The third-order valence-electron chi connectivity index (χ3n) is 2.30. The fourth-order valence-electron chi connectivity index (χ4n) is 1.41. The average Bonchev–Trinajstić information content (AvgIpc) is 2.34. The van der Waals surface area contributed by atoms with E-state index in [2.05, 4.69) is 15.3 Å². The van der Waals surface area contributed by atoms with Gasteiger partial charge in [0.25, 0.3) is 0 Å². The van der Waals surface area contributed by atoms with Crippen molar-refractivity contribution in [1.82, 2.24) is 9.97 Å². The van der Waals surface area contributed by atoms with E-state index in [1.807, 2.05) is 12.1 Å². The number of hydrogen-bond acceptors (Lipinski definition) is 5. The van der Waals surface area contributed by atoms with Crippen LogP contribution in [-0.4, -0.2) is 21.6 Å². The van der Waals surface area contributed by atoms with Gasteiger partial charge in [0.2, 0.25) is 5.95 Å². The number of phenolic OH excluding ortho intramolecular Hbond substituents is 1. The number of aromatic nitrogens is 2. The van der Waals surface area contributed by atoms with Gasteiger partial charge in [-0.15, -0.1) is 0 Å². The smallest absolute Gasteiger partial charge is 0.222 e. The monoisotopic (exact) mass is 230 g/mol. The fourth-order valence-corrected chi connectivity index (χ4v) is 1.41. The molecule has 0 saturated heterocycles. The van der Waals surface area contributed by atoms with Crippen molar-refractivity contribution in [2.75, 3.05) is 17.6 Å². The summed E-state index contributed by atoms with van der Waals surface area (Å²) in [7, 11) is 0. The molecule has 0 radical (unpaired) electrons. The maximum atomic E-state index is 9.14. The van der Waals surface area contributed by atoms with Crippen molar-refractivity contribution in [2.24, 2.45) is 0 Å². The molecule has 88 valence electrons. The Labute approximate surface area is 99.3 Å². The van der Waals surface area contributed by atoms with Gasteiger partial charge in [0.05, 0.1) is 18.1 Å². The third-order valence-corrected chi connectivity index (χ3v) is 2.30. The molecule has 1 heterocycles. The van der Waals surface area contributed by atoms with E-state index >= 15 is 0 Å². The number of nitrogen functional groups attached to an aromatic ring is 1. The van der Waals surface area contributed by atoms with Gasteiger partial charge in [-0.05, 0) is 24.1 Å². The highest BCUT2D eigenvalue weighted by molar-refractivity contribution is 5.36. The fraction of sp³-hybridized carbons (Fsp3) is 0.167. The Balaban J connectivity index is 1.83. The lowest BCUT2D eigenvalue weighted by atomic mass is 10.1. The standard InChI is InChI=1S/C12H14N4O/c13-10-7-15-12(16-8-10)14-6-5-9-1-3-11(17)4-2-9/h1-4,7-8,17H,5-6,13H2,(H,14,15,16). The zero-order valence-electron chi connectivity index (χ0n) is 9.30. The molecule has 0 aliphatic heterocycles. The number of nitrogens with two attached hydrogens (primary N) is 1. The summed E-state index contributed by atoms with van der Waals surface area (Å²) in [5.74, 6) is 0.849. The van der Waals surface area contributed by atoms with Crippen LogP contribution in [0.4, 0.5) is 11.6 Å². The minimum Gasteiger partial charge on any atom is -0.508 e. The Morgan fingerprint density at radius 3 is 2.41 bits per heavy atom. The number of rotatable bonds is 4. The number of hydrogen-bond donors (Lipinski definition) is 3. The van der Waals surface area contributed by atoms with Crippen molar-refractivity contribution in [3.05, 3.63) is 42.2 Å². The van der Waals surface area contributed by atoms with Gasteiger partial charge in [-0.2, -0.15) is 0 Å². The first kappa shape index (κ1) is 11.2. The first-order chi connectivity index (χ1) is 8.24. The number of nitrogens with one attached hydrogen (secondary N) is 1. The lowest BCUT2D eigenvalue weighted by molar-refractivity contribution is 0.475. The van der Waals surface area contributed by atoms with Crippen LogP contribution >= 0.6 is 0 Å². The summed E-state index contributed by atoms with van der Waals surface area (Å²) in [6, 6.07) is 7.13. The van der Waals surface area contributed by atoms with Crippen LogP contribution in [0.2, 0.25) is 0 Å². The molecular formula is C12H14N4O. The second kappa shape index (κ2) is 5.16. The van der Waals surface area contributed by atoms with Gasteiger partial charge in [-0.1, -0.05) is 12.1 Å². The first-order valence-corrected chi connectivity index (χ1v) is 5.33. The van der Waals surface area contributed by atoms with Crippen LogP contribution in [-0.2, 0) is 6.42 Å². The molecule has 5 heteroatoms. The Morgan fingerprint density at radius 1 is 1.12 bits per heavy atom. The van der Waals surface area contributed by atoms with Crippen LogP contribution in [0.5, 0.6) is 5.75 Å². The molecule has 17 heavy (non-hydrogen) atoms. The molecule has 0 saturated carbocycles. The van der Waals surface area contributed by atoms with Crippen LogP contribution in [0, 0.1) is 0 Å². The summed E-state index contributed by atoms with van der Waals surface area (Å²) < 4.78 is 0. The minimum absolute atomic E-state index is 0.281. The van der Waals surface area contributed by atoms with E-state index < -0.39 is 0 Å². The molecule has 0 aliphatic carbocycles. The number of phenols is 1. The SMILES string of the molecule is Nc1cnc(NCCc2ccc(O)cc2)nc1. The minimum atomic E-state index is 0.281. The van der Waals surface area contributed by atoms with E-state index in [-0.39, 0.29) is 5.75 Å². The lowest BCUT2D eigenvalue weighted by Gasteiger charge is -2.04. The van der Waals surface area contributed by atoms with Crippen molar-refractivity contribution >= 4 is 11.6 Å². The molecule has 0 unspecified atom stereocenters. The van der Waals surface area contributed by atoms with Crippen LogP contribution in [0.25, 0.3) is 0 Å². The molecular weight excluding hydrogens is 216 g/mol. The summed E-state index contributed by atoms with van der Waals surface area (Å²) in [5.41, 5.74) is 7.18. The Hall–Kier alpha value is -2.30. The van der Waals surface area contributed by atoms with E-state index in [0.29, 0.717) is 11.6 Å². The summed E-state index contributed by atoms with van der Waals surface area (Å²) in [6.45, 7) is 0.731. The molecule has 4 N–H and O–H groups in total. The number of aromatic hydroxyl groups is 1. The molecule has 0 aliphatic rings. The van der Waals surface area contributed by atoms with Gasteiger partial charge >= 0.3 is 0 Å². The highest BCUT2D eigenvalue weighted by atomic mass is 16.3. The first-order valence-electron chi connectivity index (χ1n) is 5.33. The van der Waals surface area contributed by atoms with Crippen molar-refractivity contribution < 1.29 is 5.11 Å². The van der Waals surface area contributed by atoms with E-state index in [0.717, 1.165) is 18.5 Å². The third kappa shape index (κ3) is 3.34. The van der Waals surface area contributed by atoms with Gasteiger partial charge < -0.3 is 16.2 Å². The van der Waals surface area contributed by atoms with E-state index in [1.165, 1.54) is 0 Å². The van der Waals surface area contributed by atoms with Crippen LogP contribution in [0.15, 0.2) is 36.7 Å². The van der Waals surface area contributed by atoms with Gasteiger partial charge in [0.1, 0.15) is 5.75 Å². The molecule has 2 aromatic rings. The molecule has 0 spiro atoms.